The number of alkyl halides is 3. The zero-order valence-corrected chi connectivity index (χ0v) is 19.9. The van der Waals surface area contributed by atoms with Crippen LogP contribution in [-0.4, -0.2) is 46.6 Å². The highest BCUT2D eigenvalue weighted by Gasteiger charge is 2.38. The van der Waals surface area contributed by atoms with Gasteiger partial charge in [0.1, 0.15) is 18.0 Å². The molecule has 2 aromatic heterocycles. The van der Waals surface area contributed by atoms with Crippen LogP contribution in [0.15, 0.2) is 60.4 Å². The summed E-state index contributed by atoms with van der Waals surface area (Å²) in [5.41, 5.74) is 2.59. The van der Waals surface area contributed by atoms with E-state index in [4.69, 9.17) is 4.74 Å². The van der Waals surface area contributed by atoms with E-state index >= 15 is 0 Å². The number of aromatic amines is 1. The van der Waals surface area contributed by atoms with Gasteiger partial charge in [-0.3, -0.25) is 9.78 Å². The van der Waals surface area contributed by atoms with Crippen LogP contribution in [0.25, 0.3) is 11.0 Å². The zero-order valence-electron chi connectivity index (χ0n) is 19.9. The largest absolute Gasteiger partial charge is 0.497 e. The number of carbonyl (C=O) groups excluding carboxylic acids is 1. The molecule has 0 saturated carbocycles. The minimum absolute atomic E-state index is 0.0926. The molecule has 35 heavy (non-hydrogen) atoms. The van der Waals surface area contributed by atoms with Gasteiger partial charge < -0.3 is 19.9 Å². The Bertz CT molecular complexity index is 1180. The Labute approximate surface area is 202 Å². The van der Waals surface area contributed by atoms with Crippen molar-refractivity contribution in [2.24, 2.45) is 0 Å². The lowest BCUT2D eigenvalue weighted by Gasteiger charge is -2.36. The van der Waals surface area contributed by atoms with Crippen molar-refractivity contribution in [3.05, 3.63) is 71.7 Å². The highest BCUT2D eigenvalue weighted by atomic mass is 19.4. The second-order valence-electron chi connectivity index (χ2n) is 9.30. The Morgan fingerprint density at radius 2 is 1.97 bits per heavy atom. The molecule has 0 spiro atoms. The number of allylic oxidation sites excluding steroid dienone is 1. The average Bonchev–Trinajstić information content (AvgIpc) is 3.26. The summed E-state index contributed by atoms with van der Waals surface area (Å²) >= 11 is 0. The highest BCUT2D eigenvalue weighted by molar-refractivity contribution is 5.97. The van der Waals surface area contributed by atoms with Crippen molar-refractivity contribution >= 4 is 16.9 Å². The lowest BCUT2D eigenvalue weighted by atomic mass is 9.91. The Balaban J connectivity index is 1.59. The molecule has 1 aromatic carbocycles. The number of pyridine rings is 1. The third kappa shape index (κ3) is 5.78. The quantitative estimate of drug-likeness (QED) is 0.460. The molecule has 0 bridgehead atoms. The summed E-state index contributed by atoms with van der Waals surface area (Å²) in [6.45, 7) is 2.69. The molecule has 0 unspecified atom stereocenters. The number of methoxy groups -OCH3 is 1. The fourth-order valence-corrected chi connectivity index (χ4v) is 4.49. The first kappa shape index (κ1) is 24.6. The van der Waals surface area contributed by atoms with Gasteiger partial charge in [0.15, 0.2) is 0 Å². The molecule has 1 aliphatic rings. The van der Waals surface area contributed by atoms with Gasteiger partial charge in [-0.05, 0) is 75.1 Å². The minimum Gasteiger partial charge on any atom is -0.497 e. The van der Waals surface area contributed by atoms with Gasteiger partial charge in [0.2, 0.25) is 0 Å². The summed E-state index contributed by atoms with van der Waals surface area (Å²) in [6.07, 6.45) is 0.623. The molecule has 6 nitrogen and oxygen atoms in total. The summed E-state index contributed by atoms with van der Waals surface area (Å²) < 4.78 is 45.8. The van der Waals surface area contributed by atoms with Crippen molar-refractivity contribution in [2.45, 2.75) is 50.9 Å². The molecular weight excluding hydrogens is 457 g/mol. The molecule has 0 saturated heterocycles. The maximum Gasteiger partial charge on any atom is 0.406 e. The first-order valence-corrected chi connectivity index (χ1v) is 11.5. The molecule has 186 valence electrons. The van der Waals surface area contributed by atoms with Crippen LogP contribution in [0.3, 0.4) is 0 Å². The Kier molecular flexibility index (Phi) is 6.78. The standard InChI is InChI=1S/C26H29F3N4O2/c1-25(2,17-9-11-20(35-3)12-10-17)32-18-6-4-7-19(14-18)33(16-26(27,28)29)24(34)23-15-22-21(31-23)8-5-13-30-22/h5,8-15,19,31-32H,4,6-7,16H2,1-3H3/t19-/m0/s1. The number of H-pyrrole nitrogens is 1. The number of halogens is 3. The maximum absolute atomic E-state index is 13.5. The molecular formula is C26H29F3N4O2. The number of nitrogens with one attached hydrogen (secondary N) is 2. The fourth-order valence-electron chi connectivity index (χ4n) is 4.49. The lowest BCUT2D eigenvalue weighted by molar-refractivity contribution is -0.143. The van der Waals surface area contributed by atoms with Crippen LogP contribution in [0.2, 0.25) is 0 Å². The number of hydrogen-bond acceptors (Lipinski definition) is 4. The highest BCUT2D eigenvalue weighted by Crippen LogP contribution is 2.30. The second kappa shape index (κ2) is 9.64. The second-order valence-corrected chi connectivity index (χ2v) is 9.30. The van der Waals surface area contributed by atoms with Crippen molar-refractivity contribution in [3.63, 3.8) is 0 Å². The van der Waals surface area contributed by atoms with Crippen molar-refractivity contribution in [3.8, 4) is 5.75 Å². The van der Waals surface area contributed by atoms with Gasteiger partial charge >= 0.3 is 6.18 Å². The lowest BCUT2D eigenvalue weighted by Crippen LogP contribution is -2.47. The monoisotopic (exact) mass is 486 g/mol. The summed E-state index contributed by atoms with van der Waals surface area (Å²) in [7, 11) is 1.60. The number of amides is 1. The summed E-state index contributed by atoms with van der Waals surface area (Å²) in [6, 6.07) is 11.9. The van der Waals surface area contributed by atoms with E-state index in [0.717, 1.165) is 21.9 Å². The predicted molar refractivity (Wildman–Crippen MR) is 128 cm³/mol. The van der Waals surface area contributed by atoms with Gasteiger partial charge in [-0.15, -0.1) is 0 Å². The van der Waals surface area contributed by atoms with E-state index in [0.29, 0.717) is 30.3 Å². The molecule has 1 amide bonds. The van der Waals surface area contributed by atoms with E-state index in [1.807, 2.05) is 38.1 Å². The van der Waals surface area contributed by atoms with E-state index in [1.54, 1.807) is 31.5 Å². The SMILES string of the molecule is COc1ccc(C(C)(C)NC2=C[C@@H](N(CC(F)(F)F)C(=O)c3cc4ncccc4[nH]3)CCC2)cc1. The van der Waals surface area contributed by atoms with E-state index in [1.165, 1.54) is 6.07 Å². The van der Waals surface area contributed by atoms with E-state index in [2.05, 4.69) is 15.3 Å². The van der Waals surface area contributed by atoms with Crippen LogP contribution in [0.5, 0.6) is 5.75 Å². The van der Waals surface area contributed by atoms with Gasteiger partial charge in [0.25, 0.3) is 5.91 Å². The van der Waals surface area contributed by atoms with Crippen molar-refractivity contribution in [1.82, 2.24) is 20.2 Å². The first-order chi connectivity index (χ1) is 16.6. The number of ether oxygens (including phenoxy) is 1. The predicted octanol–water partition coefficient (Wildman–Crippen LogP) is 5.54. The van der Waals surface area contributed by atoms with Crippen LogP contribution < -0.4 is 10.1 Å². The number of aromatic nitrogens is 2. The van der Waals surface area contributed by atoms with Crippen molar-refractivity contribution in [2.75, 3.05) is 13.7 Å². The molecule has 2 heterocycles. The molecule has 1 aliphatic carbocycles. The smallest absolute Gasteiger partial charge is 0.406 e. The van der Waals surface area contributed by atoms with Crippen LogP contribution in [0.1, 0.15) is 49.2 Å². The van der Waals surface area contributed by atoms with Gasteiger partial charge in [0.05, 0.1) is 29.7 Å². The topological polar surface area (TPSA) is 70.2 Å². The van der Waals surface area contributed by atoms with Gasteiger partial charge in [0, 0.05) is 11.9 Å². The van der Waals surface area contributed by atoms with E-state index < -0.39 is 30.2 Å². The zero-order chi connectivity index (χ0) is 25.2. The van der Waals surface area contributed by atoms with Crippen molar-refractivity contribution < 1.29 is 22.7 Å². The molecule has 0 aliphatic heterocycles. The number of carbonyl (C=O) groups is 1. The molecule has 0 fully saturated rings. The fraction of sp³-hybridized carbons (Fsp3) is 0.385. The third-order valence-electron chi connectivity index (χ3n) is 6.25. The molecule has 1 atom stereocenters. The molecule has 4 rings (SSSR count). The van der Waals surface area contributed by atoms with Crippen LogP contribution >= 0.6 is 0 Å². The normalized spacial score (nSPS) is 16.6. The van der Waals surface area contributed by atoms with Crippen LogP contribution in [0.4, 0.5) is 13.2 Å². The molecule has 3 aromatic rings. The summed E-state index contributed by atoms with van der Waals surface area (Å²) in [5, 5.41) is 3.48. The molecule has 2 N–H and O–H groups in total. The minimum atomic E-state index is -4.53. The number of benzene rings is 1. The Morgan fingerprint density at radius 3 is 2.63 bits per heavy atom. The van der Waals surface area contributed by atoms with Gasteiger partial charge in [-0.25, -0.2) is 0 Å². The maximum atomic E-state index is 13.5. The molecule has 9 heteroatoms. The van der Waals surface area contributed by atoms with E-state index in [-0.39, 0.29) is 5.69 Å². The molecule has 0 radical (unpaired) electrons. The van der Waals surface area contributed by atoms with E-state index in [9.17, 15) is 18.0 Å². The van der Waals surface area contributed by atoms with Crippen molar-refractivity contribution in [1.29, 1.82) is 0 Å². The Hall–Kier alpha value is -3.49. The van der Waals surface area contributed by atoms with Gasteiger partial charge in [-0.1, -0.05) is 12.1 Å². The summed E-state index contributed by atoms with van der Waals surface area (Å²) in [4.78, 5) is 21.3. The Morgan fingerprint density at radius 1 is 1.23 bits per heavy atom. The average molecular weight is 487 g/mol. The summed E-state index contributed by atoms with van der Waals surface area (Å²) in [5.74, 6) is 0.0484. The number of fused-ring (bicyclic) bond motifs is 1. The number of hydrogen-bond donors (Lipinski definition) is 2. The number of rotatable bonds is 7. The number of nitrogens with zero attached hydrogens (tertiary/aromatic N) is 2. The first-order valence-electron chi connectivity index (χ1n) is 11.5. The van der Waals surface area contributed by atoms with Crippen LogP contribution in [0, 0.1) is 0 Å². The van der Waals surface area contributed by atoms with Crippen LogP contribution in [-0.2, 0) is 5.54 Å². The van der Waals surface area contributed by atoms with Gasteiger partial charge in [-0.2, -0.15) is 13.2 Å². The third-order valence-corrected chi connectivity index (χ3v) is 6.25.